The molecule has 0 aromatic rings. The lowest BCUT2D eigenvalue weighted by atomic mass is 10.0. The van der Waals surface area contributed by atoms with Crippen LogP contribution in [0.1, 0.15) is 419 Å². The van der Waals surface area contributed by atoms with Gasteiger partial charge in [0.1, 0.15) is 25.4 Å². The zero-order valence-corrected chi connectivity index (χ0v) is 82.2. The number of hydrogen-bond acceptors (Lipinski definition) is 14. The number of unbranched alkanes of at least 4 members (excludes halogenated alkanes) is 40. The minimum Gasteiger partial charge on any atom is -0.463 e. The average molecular weight is 1810 g/mol. The highest BCUT2D eigenvalue weighted by molar-refractivity contribution is 7.47. The maximum atomic E-state index is 13.1. The Kier molecular flexibility index (Phi) is 95.0. The van der Waals surface area contributed by atoms with Gasteiger partial charge in [-0.25, -0.2) is 9.13 Å². The summed E-state index contributed by atoms with van der Waals surface area (Å²) >= 11 is 0. The number of ether oxygens (including phenoxy) is 3. The molecular weight excluding hydrogens is 1630 g/mol. The Balaban J connectivity index is 4.54. The summed E-state index contributed by atoms with van der Waals surface area (Å²) in [4.78, 5) is 59.1. The van der Waals surface area contributed by atoms with Crippen LogP contribution in [0.2, 0.25) is 0 Å². The summed E-state index contributed by atoms with van der Waals surface area (Å²) in [6.07, 6.45) is 134. The van der Waals surface area contributed by atoms with Crippen molar-refractivity contribution < 1.29 is 75.8 Å². The quantitative estimate of drug-likeness (QED) is 0.0146. The number of phosphoric acid groups is 2. The summed E-state index contributed by atoms with van der Waals surface area (Å²) in [6.45, 7) is 2.46. The molecule has 0 aliphatic rings. The van der Waals surface area contributed by atoms with E-state index >= 15 is 0 Å². The second-order valence-electron chi connectivity index (χ2n) is 33.5. The average Bonchev–Trinajstić information content (AvgIpc) is 0.893. The van der Waals surface area contributed by atoms with Gasteiger partial charge in [0.2, 0.25) is 0 Å². The van der Waals surface area contributed by atoms with Crippen LogP contribution in [0, 0.1) is 0 Å². The molecule has 0 fully saturated rings. The van der Waals surface area contributed by atoms with Gasteiger partial charge in [0.25, 0.3) is 0 Å². The van der Waals surface area contributed by atoms with Crippen molar-refractivity contribution in [3.8, 4) is 0 Å². The molecule has 0 aliphatic heterocycles. The maximum Gasteiger partial charge on any atom is 0.472 e. The molecule has 0 aliphatic carbocycles. The summed E-state index contributed by atoms with van der Waals surface area (Å²) in [5.41, 5.74) is 0. The molecule has 0 spiro atoms. The third kappa shape index (κ3) is 101. The Bertz CT molecular complexity index is 3090. The van der Waals surface area contributed by atoms with Crippen LogP contribution in [0.3, 0.4) is 0 Å². The second-order valence-corrected chi connectivity index (χ2v) is 36.4. The van der Waals surface area contributed by atoms with Gasteiger partial charge in [-0.05, 0) is 167 Å². The number of esters is 3. The van der Waals surface area contributed by atoms with E-state index in [0.717, 1.165) is 173 Å². The smallest absolute Gasteiger partial charge is 0.463 e. The Morgan fingerprint density at radius 3 is 0.661 bits per heavy atom. The molecule has 127 heavy (non-hydrogen) atoms. The fourth-order valence-electron chi connectivity index (χ4n) is 13.7. The Hall–Kier alpha value is -5.61. The number of allylic oxidation sites excluding steroid dienone is 32. The first-order valence-electron chi connectivity index (χ1n) is 50.7. The highest BCUT2D eigenvalue weighted by Crippen LogP contribution is 2.45. The minimum atomic E-state index is -4.95. The van der Waals surface area contributed by atoms with Crippen molar-refractivity contribution in [2.75, 3.05) is 39.6 Å². The van der Waals surface area contributed by atoms with Crippen LogP contribution in [0.15, 0.2) is 194 Å². The van der Waals surface area contributed by atoms with E-state index in [0.29, 0.717) is 19.3 Å². The lowest BCUT2D eigenvalue weighted by molar-refractivity contribution is -0.161. The van der Waals surface area contributed by atoms with Crippen LogP contribution in [-0.4, -0.2) is 95.9 Å². The molecule has 16 nitrogen and oxygen atoms in total. The predicted molar refractivity (Wildman–Crippen MR) is 537 cm³/mol. The fraction of sp³-hybridized carbons (Fsp3) is 0.679. The molecule has 0 radical (unpaired) electrons. The van der Waals surface area contributed by atoms with Crippen molar-refractivity contribution in [2.45, 2.75) is 437 Å². The molecule has 18 heteroatoms. The van der Waals surface area contributed by atoms with E-state index in [2.05, 4.69) is 215 Å². The number of carbonyl (C=O) groups excluding carboxylic acids is 3. The molecule has 4 N–H and O–H groups in total. The first-order chi connectivity index (χ1) is 62.2. The van der Waals surface area contributed by atoms with Crippen LogP contribution in [-0.2, 0) is 55.8 Å². The molecule has 726 valence electrons. The van der Waals surface area contributed by atoms with Crippen molar-refractivity contribution in [2.24, 2.45) is 0 Å². The van der Waals surface area contributed by atoms with Gasteiger partial charge in [-0.3, -0.25) is 32.5 Å². The molecule has 5 atom stereocenters. The molecule has 5 unspecified atom stereocenters. The van der Waals surface area contributed by atoms with Crippen LogP contribution in [0.5, 0.6) is 0 Å². The normalized spacial score (nSPS) is 14.5. The first-order valence-corrected chi connectivity index (χ1v) is 53.7. The van der Waals surface area contributed by atoms with Gasteiger partial charge < -0.3 is 34.2 Å². The summed E-state index contributed by atoms with van der Waals surface area (Å²) in [5.74, 6) is -1.59. The highest BCUT2D eigenvalue weighted by Gasteiger charge is 2.30. The van der Waals surface area contributed by atoms with E-state index in [4.69, 9.17) is 32.3 Å². The number of carbonyl (C=O) groups is 3. The molecule has 0 bridgehead atoms. The molecule has 0 saturated carbocycles. The minimum absolute atomic E-state index is 0.0803. The van der Waals surface area contributed by atoms with Crippen LogP contribution >= 0.6 is 15.6 Å². The summed E-state index contributed by atoms with van der Waals surface area (Å²) in [6, 6.07) is 0. The molecule has 0 amide bonds. The van der Waals surface area contributed by atoms with Crippen LogP contribution in [0.25, 0.3) is 0 Å². The Labute approximate surface area is 776 Å². The Morgan fingerprint density at radius 1 is 0.228 bits per heavy atom. The number of hydrogen-bond donors (Lipinski definition) is 4. The zero-order valence-electron chi connectivity index (χ0n) is 80.4. The van der Waals surface area contributed by atoms with E-state index < -0.39 is 91.5 Å². The standard InChI is InChI=1S/C109H184O16P2/c1-4-7-10-13-16-19-22-25-28-31-34-37-39-41-43-45-47-49-51-53-55-57-59-61-63-66-68-71-74-77-80-83-86-89-92-95-107(112)119-98-104(110)99-121-126(115,116)122-100-105(111)101-123-127(117,118)124-103-106(125-109(114)97-94-91-88-85-82-79-76-73-70-65-36-33-30-27-24-21-18-15-12-9-6-3)102-120-108(113)96-93-90-87-84-81-78-75-72-69-67-64-62-60-58-56-54-52-50-48-46-44-42-40-38-35-32-29-26-23-20-17-14-11-8-5-2/h7-8,10-11,16-21,25-30,34-38,41-44,47-50,65,73,76,104-106,110-111H,4-6,9,12-15,22-24,31-33,39-40,45-46,51-64,66-72,74-75,77-103H2,1-3H3,(H,115,116)(H,117,118)/b10-7-,11-8-,19-16-,20-17-,21-18-,28-25-,29-26-,30-27-,37-34-,38-35-,43-41-,44-42-,49-47-,50-48-,65-36-,76-73-. The monoisotopic (exact) mass is 1810 g/mol. The van der Waals surface area contributed by atoms with Crippen molar-refractivity contribution in [3.63, 3.8) is 0 Å². The third-order valence-electron chi connectivity index (χ3n) is 21.3. The lowest BCUT2D eigenvalue weighted by Gasteiger charge is -2.21. The van der Waals surface area contributed by atoms with Gasteiger partial charge >= 0.3 is 33.6 Å². The van der Waals surface area contributed by atoms with Gasteiger partial charge in [0, 0.05) is 19.3 Å². The number of rotatable bonds is 95. The van der Waals surface area contributed by atoms with Crippen molar-refractivity contribution in [1.29, 1.82) is 0 Å². The fourth-order valence-corrected chi connectivity index (χ4v) is 15.3. The SMILES string of the molecule is CC/C=C\C/C=C\C/C=C\C/C=C\C/C=C\C/C=C\CCCCCCCCCCCCCCCCCCC(=O)OCC(O)COP(=O)(O)OCC(O)COP(=O)(O)OCC(COC(=O)CCCCCCCCCCCCCCCCCC/C=C\C/C=C\C/C=C\C/C=C\C/C=C\C/C=C\CC)OC(=O)CCCCCCC/C=C\C/C=C\C/C=C\C/C=C\CCCCC. The van der Waals surface area contributed by atoms with Gasteiger partial charge in [-0.1, -0.05) is 427 Å². The van der Waals surface area contributed by atoms with Crippen LogP contribution in [0.4, 0.5) is 0 Å². The van der Waals surface area contributed by atoms with Gasteiger partial charge in [0.15, 0.2) is 6.10 Å². The molecule has 0 saturated heterocycles. The second kappa shape index (κ2) is 99.4. The topological polar surface area (TPSA) is 231 Å². The number of phosphoric ester groups is 2. The van der Waals surface area contributed by atoms with Crippen molar-refractivity contribution >= 4 is 33.6 Å². The summed E-state index contributed by atoms with van der Waals surface area (Å²) < 4.78 is 61.6. The number of aliphatic hydroxyl groups excluding tert-OH is 2. The van der Waals surface area contributed by atoms with Gasteiger partial charge in [0.05, 0.1) is 26.4 Å². The molecule has 0 aromatic heterocycles. The van der Waals surface area contributed by atoms with Crippen molar-refractivity contribution in [3.05, 3.63) is 194 Å². The summed E-state index contributed by atoms with van der Waals surface area (Å²) in [7, 11) is -9.83. The molecule has 0 heterocycles. The van der Waals surface area contributed by atoms with E-state index in [1.807, 2.05) is 0 Å². The highest BCUT2D eigenvalue weighted by atomic mass is 31.2. The predicted octanol–water partition coefficient (Wildman–Crippen LogP) is 32.1. The lowest BCUT2D eigenvalue weighted by Crippen LogP contribution is -2.30. The van der Waals surface area contributed by atoms with E-state index in [1.54, 1.807) is 0 Å². The van der Waals surface area contributed by atoms with Crippen LogP contribution < -0.4 is 0 Å². The Morgan fingerprint density at radius 2 is 0.417 bits per heavy atom. The van der Waals surface area contributed by atoms with Crippen molar-refractivity contribution in [1.82, 2.24) is 0 Å². The summed E-state index contributed by atoms with van der Waals surface area (Å²) in [5, 5.41) is 20.8. The van der Waals surface area contributed by atoms with Gasteiger partial charge in [-0.2, -0.15) is 0 Å². The molecule has 0 aromatic carbocycles. The van der Waals surface area contributed by atoms with E-state index in [-0.39, 0.29) is 19.3 Å². The molecular formula is C109H184O16P2. The zero-order chi connectivity index (χ0) is 92.1. The van der Waals surface area contributed by atoms with E-state index in [9.17, 15) is 43.5 Å². The van der Waals surface area contributed by atoms with Gasteiger partial charge in [-0.15, -0.1) is 0 Å². The van der Waals surface area contributed by atoms with E-state index in [1.165, 1.54) is 186 Å². The third-order valence-corrected chi connectivity index (χ3v) is 23.2. The largest absolute Gasteiger partial charge is 0.472 e. The molecule has 0 rings (SSSR count). The first kappa shape index (κ1) is 121. The number of aliphatic hydroxyl groups is 2. The maximum absolute atomic E-state index is 13.1.